The van der Waals surface area contributed by atoms with E-state index in [0.717, 1.165) is 17.0 Å². The van der Waals surface area contributed by atoms with E-state index in [1.807, 2.05) is 20.0 Å². The lowest BCUT2D eigenvalue weighted by Crippen LogP contribution is -2.05. The third-order valence-corrected chi connectivity index (χ3v) is 4.44. The van der Waals surface area contributed by atoms with E-state index in [1.165, 1.54) is 0 Å². The first-order chi connectivity index (χ1) is 9.43. The Morgan fingerprint density at radius 3 is 2.55 bits per heavy atom. The lowest BCUT2D eigenvalue weighted by molar-refractivity contribution is 0.293. The minimum absolute atomic E-state index is 0.289. The monoisotopic (exact) mass is 396 g/mol. The molecule has 0 radical (unpaired) electrons. The van der Waals surface area contributed by atoms with Crippen molar-refractivity contribution < 1.29 is 4.74 Å². The van der Waals surface area contributed by atoms with Crippen LogP contribution in [0.3, 0.4) is 0 Å². The zero-order valence-electron chi connectivity index (χ0n) is 10.9. The zero-order valence-corrected chi connectivity index (χ0v) is 14.7. The molecule has 0 saturated carbocycles. The average Bonchev–Trinajstić information content (AvgIpc) is 2.62. The van der Waals surface area contributed by atoms with Gasteiger partial charge < -0.3 is 4.74 Å². The minimum Gasteiger partial charge on any atom is -0.485 e. The second-order valence-electron chi connectivity index (χ2n) is 4.27. The Hall–Kier alpha value is -0.420. The molecule has 0 atom stereocenters. The van der Waals surface area contributed by atoms with Crippen molar-refractivity contribution in [1.82, 2.24) is 9.78 Å². The van der Waals surface area contributed by atoms with E-state index in [1.54, 1.807) is 10.7 Å². The summed E-state index contributed by atoms with van der Waals surface area (Å²) in [6.07, 6.45) is 0. The summed E-state index contributed by atoms with van der Waals surface area (Å²) < 4.78 is 7.51. The molecule has 0 amide bonds. The summed E-state index contributed by atoms with van der Waals surface area (Å²) in [5.41, 5.74) is 2.46. The molecule has 2 rings (SSSR count). The van der Waals surface area contributed by atoms with Gasteiger partial charge in [-0.15, -0.1) is 0 Å². The summed E-state index contributed by atoms with van der Waals surface area (Å²) >= 11 is 21.7. The van der Waals surface area contributed by atoms with Crippen molar-refractivity contribution in [2.45, 2.75) is 18.9 Å². The van der Waals surface area contributed by atoms with E-state index < -0.39 is 0 Å². The number of rotatable bonds is 4. The van der Waals surface area contributed by atoms with E-state index in [2.05, 4.69) is 21.0 Å². The van der Waals surface area contributed by atoms with E-state index in [0.29, 0.717) is 26.1 Å². The second-order valence-corrected chi connectivity index (χ2v) is 6.05. The fourth-order valence-electron chi connectivity index (χ4n) is 1.85. The highest BCUT2D eigenvalue weighted by molar-refractivity contribution is 9.08. The number of halogens is 4. The van der Waals surface area contributed by atoms with Crippen LogP contribution < -0.4 is 4.74 Å². The number of alkyl halides is 1. The van der Waals surface area contributed by atoms with E-state index >= 15 is 0 Å². The third-order valence-electron chi connectivity index (χ3n) is 2.84. The Kier molecular flexibility index (Phi) is 5.24. The number of hydrogen-bond donors (Lipinski definition) is 0. The molecule has 1 aromatic carbocycles. The molecule has 1 heterocycles. The smallest absolute Gasteiger partial charge is 0.142 e. The number of hydrogen-bond acceptors (Lipinski definition) is 2. The van der Waals surface area contributed by atoms with Crippen LogP contribution in [-0.4, -0.2) is 9.78 Å². The summed E-state index contributed by atoms with van der Waals surface area (Å²) in [6.45, 7) is 2.14. The topological polar surface area (TPSA) is 27.1 Å². The number of aromatic nitrogens is 2. The maximum Gasteiger partial charge on any atom is 0.142 e. The van der Waals surface area contributed by atoms with Gasteiger partial charge in [0.25, 0.3) is 0 Å². The maximum atomic E-state index is 6.19. The first-order valence-electron chi connectivity index (χ1n) is 5.78. The summed E-state index contributed by atoms with van der Waals surface area (Å²) in [5.74, 6) is 0.600. The SMILES string of the molecule is Cc1nn(C)c(COc2c(Cl)cc(Cl)cc2CBr)c1Cl. The van der Waals surface area contributed by atoms with Gasteiger partial charge in [0.1, 0.15) is 12.4 Å². The molecule has 0 aliphatic heterocycles. The normalized spacial score (nSPS) is 10.9. The Bertz CT molecular complexity index is 643. The number of benzene rings is 1. The highest BCUT2D eigenvalue weighted by Gasteiger charge is 2.15. The lowest BCUT2D eigenvalue weighted by atomic mass is 10.2. The highest BCUT2D eigenvalue weighted by Crippen LogP contribution is 2.34. The predicted octanol–water partition coefficient (Wildman–Crippen LogP) is 5.16. The van der Waals surface area contributed by atoms with Gasteiger partial charge in [0.15, 0.2) is 0 Å². The van der Waals surface area contributed by atoms with Crippen molar-refractivity contribution in [3.63, 3.8) is 0 Å². The van der Waals surface area contributed by atoms with E-state index in [9.17, 15) is 0 Å². The summed E-state index contributed by atoms with van der Waals surface area (Å²) in [5, 5.41) is 6.50. The van der Waals surface area contributed by atoms with Gasteiger partial charge in [0, 0.05) is 23.0 Å². The van der Waals surface area contributed by atoms with Gasteiger partial charge in [0.2, 0.25) is 0 Å². The van der Waals surface area contributed by atoms with Crippen molar-refractivity contribution in [2.24, 2.45) is 7.05 Å². The van der Waals surface area contributed by atoms with Crippen LogP contribution in [0.1, 0.15) is 17.0 Å². The molecule has 0 saturated heterocycles. The fourth-order valence-corrected chi connectivity index (χ4v) is 3.07. The number of nitrogens with zero attached hydrogens (tertiary/aromatic N) is 2. The molecule has 1 aromatic heterocycles. The Morgan fingerprint density at radius 2 is 2.00 bits per heavy atom. The molecule has 0 unspecified atom stereocenters. The third kappa shape index (κ3) is 3.25. The van der Waals surface area contributed by atoms with Crippen LogP contribution in [0.25, 0.3) is 0 Å². The zero-order chi connectivity index (χ0) is 14.9. The second kappa shape index (κ2) is 6.56. The van der Waals surface area contributed by atoms with Crippen LogP contribution in [0.2, 0.25) is 15.1 Å². The molecule has 3 nitrogen and oxygen atoms in total. The molecule has 0 N–H and O–H groups in total. The Balaban J connectivity index is 2.27. The minimum atomic E-state index is 0.289. The molecule has 20 heavy (non-hydrogen) atoms. The van der Waals surface area contributed by atoms with Gasteiger partial charge in [-0.25, -0.2) is 0 Å². The number of ether oxygens (including phenoxy) is 1. The number of aryl methyl sites for hydroxylation is 2. The molecule has 0 aliphatic carbocycles. The van der Waals surface area contributed by atoms with Crippen molar-refractivity contribution >= 4 is 50.7 Å². The molecule has 0 spiro atoms. The summed E-state index contributed by atoms with van der Waals surface area (Å²) in [6, 6.07) is 3.47. The van der Waals surface area contributed by atoms with Crippen LogP contribution >= 0.6 is 50.7 Å². The van der Waals surface area contributed by atoms with Crippen molar-refractivity contribution in [2.75, 3.05) is 0 Å². The maximum absolute atomic E-state index is 6.19. The molecular formula is C13H12BrCl3N2O. The molecule has 0 fully saturated rings. The van der Waals surface area contributed by atoms with Gasteiger partial charge in [-0.1, -0.05) is 50.7 Å². The average molecular weight is 399 g/mol. The van der Waals surface area contributed by atoms with E-state index in [-0.39, 0.29) is 6.61 Å². The van der Waals surface area contributed by atoms with Gasteiger partial charge in [-0.2, -0.15) is 5.10 Å². The van der Waals surface area contributed by atoms with Crippen LogP contribution in [0.5, 0.6) is 5.75 Å². The molecular weight excluding hydrogens is 386 g/mol. The fraction of sp³-hybridized carbons (Fsp3) is 0.308. The van der Waals surface area contributed by atoms with Gasteiger partial charge in [0.05, 0.1) is 21.4 Å². The summed E-state index contributed by atoms with van der Waals surface area (Å²) in [7, 11) is 1.83. The van der Waals surface area contributed by atoms with Crippen LogP contribution in [0.4, 0.5) is 0 Å². The first kappa shape index (κ1) is 16.0. The van der Waals surface area contributed by atoms with Crippen LogP contribution in [-0.2, 0) is 19.0 Å². The largest absolute Gasteiger partial charge is 0.485 e. The standard InChI is InChI=1S/C13H12BrCl3N2O/c1-7-12(17)11(19(2)18-7)6-20-13-8(5-14)3-9(15)4-10(13)16/h3-4H,5-6H2,1-2H3. The molecule has 0 bridgehead atoms. The highest BCUT2D eigenvalue weighted by atomic mass is 79.9. The molecule has 0 aliphatic rings. The predicted molar refractivity (Wildman–Crippen MR) is 86.4 cm³/mol. The first-order valence-corrected chi connectivity index (χ1v) is 8.04. The van der Waals surface area contributed by atoms with E-state index in [4.69, 9.17) is 39.5 Å². The van der Waals surface area contributed by atoms with Gasteiger partial charge >= 0.3 is 0 Å². The van der Waals surface area contributed by atoms with Crippen LogP contribution in [0, 0.1) is 6.92 Å². The van der Waals surface area contributed by atoms with Crippen molar-refractivity contribution in [1.29, 1.82) is 0 Å². The van der Waals surface area contributed by atoms with Crippen molar-refractivity contribution in [3.05, 3.63) is 44.2 Å². The Morgan fingerprint density at radius 1 is 1.30 bits per heavy atom. The van der Waals surface area contributed by atoms with Gasteiger partial charge in [-0.3, -0.25) is 4.68 Å². The van der Waals surface area contributed by atoms with Crippen LogP contribution in [0.15, 0.2) is 12.1 Å². The van der Waals surface area contributed by atoms with Crippen molar-refractivity contribution in [3.8, 4) is 5.75 Å². The molecule has 7 heteroatoms. The summed E-state index contributed by atoms with van der Waals surface area (Å²) in [4.78, 5) is 0. The van der Waals surface area contributed by atoms with Gasteiger partial charge in [-0.05, 0) is 19.1 Å². The molecule has 108 valence electrons. The quantitative estimate of drug-likeness (QED) is 0.665. The molecule has 2 aromatic rings. The lowest BCUT2D eigenvalue weighted by Gasteiger charge is -2.13. The Labute approximate surface area is 140 Å².